The fourth-order valence-corrected chi connectivity index (χ4v) is 7.18. The second-order valence-corrected chi connectivity index (χ2v) is 14.1. The standard InChI is InChI=1S/C33H37Cl2N7O4/c1-20(29-23(34)16-36-17-24(29)35)45-21-8-10-26-22(15-21)30(39-42(26)28-7-5-6-14-44-28)25-9-11-27(38-37-25)40-18-33(19-40)12-13-41(33)31(43)46-32(2,3)4/h8-11,15-17,20,28H,5-7,12-14,18-19H2,1-4H3/t20-,28?/m1/s1. The first-order valence-corrected chi connectivity index (χ1v) is 16.5. The Morgan fingerprint density at radius 2 is 1.87 bits per heavy atom. The molecule has 1 spiro atoms. The second kappa shape index (κ2) is 11.8. The van der Waals surface area contributed by atoms with Gasteiger partial charge in [-0.3, -0.25) is 9.88 Å². The Labute approximate surface area is 277 Å². The number of carbonyl (C=O) groups excluding carboxylic acids is 1. The van der Waals surface area contributed by atoms with Gasteiger partial charge in [0.15, 0.2) is 12.0 Å². The van der Waals surface area contributed by atoms with Crippen LogP contribution in [-0.2, 0) is 9.47 Å². The minimum Gasteiger partial charge on any atom is -0.486 e. The Bertz CT molecular complexity index is 1740. The van der Waals surface area contributed by atoms with E-state index in [1.165, 1.54) is 0 Å². The Morgan fingerprint density at radius 1 is 1.09 bits per heavy atom. The van der Waals surface area contributed by atoms with Crippen molar-refractivity contribution in [3.05, 3.63) is 58.3 Å². The number of nitrogens with zero attached hydrogens (tertiary/aromatic N) is 7. The molecule has 46 heavy (non-hydrogen) atoms. The van der Waals surface area contributed by atoms with Crippen LogP contribution in [0.1, 0.15) is 71.3 Å². The van der Waals surface area contributed by atoms with Crippen molar-refractivity contribution < 1.29 is 19.0 Å². The first-order chi connectivity index (χ1) is 22.0. The van der Waals surface area contributed by atoms with Crippen LogP contribution in [0.3, 0.4) is 0 Å². The molecular weight excluding hydrogens is 629 g/mol. The summed E-state index contributed by atoms with van der Waals surface area (Å²) < 4.78 is 20.0. The third kappa shape index (κ3) is 5.73. The lowest BCUT2D eigenvalue weighted by Gasteiger charge is -2.62. The SMILES string of the molecule is C[C@@H](Oc1ccc2c(c1)c(-c1ccc(N3CC4(CCN4C(=O)OC(C)(C)C)C3)nn1)nn2C1CCCCO1)c1c(Cl)cncc1Cl. The molecule has 0 aliphatic carbocycles. The highest BCUT2D eigenvalue weighted by Crippen LogP contribution is 2.42. The van der Waals surface area contributed by atoms with Crippen LogP contribution in [0.25, 0.3) is 22.3 Å². The van der Waals surface area contributed by atoms with Crippen LogP contribution in [0.5, 0.6) is 5.75 Å². The Morgan fingerprint density at radius 3 is 2.50 bits per heavy atom. The van der Waals surface area contributed by atoms with Crippen molar-refractivity contribution in [3.8, 4) is 17.1 Å². The van der Waals surface area contributed by atoms with Gasteiger partial charge >= 0.3 is 6.09 Å². The molecule has 2 atom stereocenters. The number of hydrogen-bond donors (Lipinski definition) is 0. The molecule has 6 heterocycles. The molecule has 13 heteroatoms. The van der Waals surface area contributed by atoms with Gasteiger partial charge in [-0.2, -0.15) is 5.10 Å². The molecule has 3 aliphatic rings. The van der Waals surface area contributed by atoms with Crippen LogP contribution in [0.15, 0.2) is 42.7 Å². The zero-order valence-electron chi connectivity index (χ0n) is 26.4. The van der Waals surface area contributed by atoms with Crippen molar-refractivity contribution in [2.75, 3.05) is 31.1 Å². The van der Waals surface area contributed by atoms with E-state index in [4.69, 9.17) is 42.5 Å². The van der Waals surface area contributed by atoms with Crippen molar-refractivity contribution in [2.24, 2.45) is 0 Å². The molecule has 7 rings (SSSR count). The van der Waals surface area contributed by atoms with E-state index in [1.54, 1.807) is 12.4 Å². The van der Waals surface area contributed by atoms with Crippen molar-refractivity contribution >= 4 is 46.0 Å². The molecule has 3 saturated heterocycles. The van der Waals surface area contributed by atoms with Crippen LogP contribution in [-0.4, -0.2) is 73.3 Å². The van der Waals surface area contributed by atoms with Crippen molar-refractivity contribution in [2.45, 2.75) is 76.9 Å². The van der Waals surface area contributed by atoms with E-state index < -0.39 is 11.7 Å². The van der Waals surface area contributed by atoms with Gasteiger partial charge < -0.3 is 19.1 Å². The van der Waals surface area contributed by atoms with Crippen LogP contribution >= 0.6 is 23.2 Å². The predicted octanol–water partition coefficient (Wildman–Crippen LogP) is 7.23. The highest BCUT2D eigenvalue weighted by Gasteiger charge is 2.56. The number of benzene rings is 1. The van der Waals surface area contributed by atoms with Gasteiger partial charge in [-0.25, -0.2) is 9.48 Å². The van der Waals surface area contributed by atoms with Crippen LogP contribution in [0.2, 0.25) is 10.0 Å². The van der Waals surface area contributed by atoms with Crippen molar-refractivity contribution in [1.82, 2.24) is 29.9 Å². The second-order valence-electron chi connectivity index (χ2n) is 13.3. The van der Waals surface area contributed by atoms with Gasteiger partial charge in [0.2, 0.25) is 0 Å². The van der Waals surface area contributed by atoms with Crippen LogP contribution < -0.4 is 9.64 Å². The van der Waals surface area contributed by atoms with Crippen molar-refractivity contribution in [1.29, 1.82) is 0 Å². The van der Waals surface area contributed by atoms with E-state index in [0.717, 1.165) is 42.4 Å². The predicted molar refractivity (Wildman–Crippen MR) is 175 cm³/mol. The zero-order chi connectivity index (χ0) is 32.2. The molecule has 0 saturated carbocycles. The number of halogens is 2. The lowest BCUT2D eigenvalue weighted by molar-refractivity contribution is -0.0562. The van der Waals surface area contributed by atoms with Gasteiger partial charge in [0.1, 0.15) is 28.8 Å². The summed E-state index contributed by atoms with van der Waals surface area (Å²) in [7, 11) is 0. The number of hydrogen-bond acceptors (Lipinski definition) is 9. The van der Waals surface area contributed by atoms with Crippen molar-refractivity contribution in [3.63, 3.8) is 0 Å². The maximum absolute atomic E-state index is 12.7. The third-order valence-electron chi connectivity index (χ3n) is 8.89. The summed E-state index contributed by atoms with van der Waals surface area (Å²) in [5.41, 5.74) is 2.21. The number of ether oxygens (including phenoxy) is 3. The minimum absolute atomic E-state index is 0.162. The summed E-state index contributed by atoms with van der Waals surface area (Å²) in [6.45, 7) is 10.4. The Balaban J connectivity index is 1.14. The zero-order valence-corrected chi connectivity index (χ0v) is 27.9. The fourth-order valence-electron chi connectivity index (χ4n) is 6.51. The number of likely N-dealkylation sites (tertiary alicyclic amines) is 1. The molecule has 3 fully saturated rings. The van der Waals surface area contributed by atoms with Gasteiger partial charge in [0.05, 0.1) is 21.1 Å². The van der Waals surface area contributed by atoms with Crippen LogP contribution in [0.4, 0.5) is 10.6 Å². The fraction of sp³-hybridized carbons (Fsp3) is 0.485. The number of rotatable bonds is 6. The number of amides is 1. The molecule has 0 N–H and O–H groups in total. The largest absolute Gasteiger partial charge is 0.486 e. The van der Waals surface area contributed by atoms with Gasteiger partial charge in [-0.05, 0) is 83.7 Å². The van der Waals surface area contributed by atoms with E-state index in [0.29, 0.717) is 59.0 Å². The quantitative estimate of drug-likeness (QED) is 0.211. The summed E-state index contributed by atoms with van der Waals surface area (Å²) in [5, 5.41) is 16.0. The average Bonchev–Trinajstić information content (AvgIpc) is 3.34. The summed E-state index contributed by atoms with van der Waals surface area (Å²) in [6.07, 6.45) is 6.23. The monoisotopic (exact) mass is 665 g/mol. The summed E-state index contributed by atoms with van der Waals surface area (Å²) in [5.74, 6) is 1.40. The number of anilines is 1. The Kier molecular flexibility index (Phi) is 7.97. The average molecular weight is 667 g/mol. The van der Waals surface area contributed by atoms with E-state index in [2.05, 4.69) is 20.1 Å². The molecule has 3 aromatic heterocycles. The first kappa shape index (κ1) is 31.0. The number of fused-ring (bicyclic) bond motifs is 1. The van der Waals surface area contributed by atoms with Gasteiger partial charge in [-0.15, -0.1) is 10.2 Å². The van der Waals surface area contributed by atoms with E-state index in [-0.39, 0.29) is 17.9 Å². The molecular formula is C33H37Cl2N7O4. The summed E-state index contributed by atoms with van der Waals surface area (Å²) in [6, 6.07) is 9.79. The summed E-state index contributed by atoms with van der Waals surface area (Å²) in [4.78, 5) is 20.8. The van der Waals surface area contributed by atoms with E-state index >= 15 is 0 Å². The first-order valence-electron chi connectivity index (χ1n) is 15.7. The topological polar surface area (TPSA) is 108 Å². The highest BCUT2D eigenvalue weighted by atomic mass is 35.5. The number of aromatic nitrogens is 5. The molecule has 3 aliphatic heterocycles. The molecule has 0 radical (unpaired) electrons. The maximum atomic E-state index is 12.7. The number of pyridine rings is 1. The van der Waals surface area contributed by atoms with Gasteiger partial charge in [-0.1, -0.05) is 23.2 Å². The molecule has 242 valence electrons. The van der Waals surface area contributed by atoms with E-state index in [9.17, 15) is 4.79 Å². The maximum Gasteiger partial charge on any atom is 0.410 e. The lowest BCUT2D eigenvalue weighted by Crippen LogP contribution is -2.78. The summed E-state index contributed by atoms with van der Waals surface area (Å²) >= 11 is 12.8. The molecule has 4 aromatic rings. The lowest BCUT2D eigenvalue weighted by atomic mass is 9.78. The highest BCUT2D eigenvalue weighted by molar-refractivity contribution is 6.35. The van der Waals surface area contributed by atoms with E-state index in [1.807, 2.05) is 67.6 Å². The molecule has 1 unspecified atom stereocenters. The smallest absolute Gasteiger partial charge is 0.410 e. The number of carbonyl (C=O) groups is 1. The Hall–Kier alpha value is -3.67. The van der Waals surface area contributed by atoms with Crippen LogP contribution in [0, 0.1) is 0 Å². The van der Waals surface area contributed by atoms with Gasteiger partial charge in [0.25, 0.3) is 0 Å². The molecule has 1 amide bonds. The third-order valence-corrected chi connectivity index (χ3v) is 9.49. The van der Waals surface area contributed by atoms with Gasteiger partial charge in [0, 0.05) is 49.6 Å². The molecule has 11 nitrogen and oxygen atoms in total. The minimum atomic E-state index is -0.523. The molecule has 1 aromatic carbocycles. The molecule has 0 bridgehead atoms. The normalized spacial score (nSPS) is 19.9.